The maximum Gasteiger partial charge on any atom is 0.249 e. The van der Waals surface area contributed by atoms with E-state index < -0.39 is 17.2 Å². The Labute approximate surface area is 57.7 Å². The minimum atomic E-state index is -0.977. The van der Waals surface area contributed by atoms with E-state index in [-0.39, 0.29) is 0 Å². The van der Waals surface area contributed by atoms with Crippen LogP contribution in [-0.2, 0) is 9.59 Å². The van der Waals surface area contributed by atoms with Gasteiger partial charge in [-0.1, -0.05) is 0 Å². The van der Waals surface area contributed by atoms with Crippen molar-refractivity contribution in [3.8, 4) is 0 Å². The van der Waals surface area contributed by atoms with Crippen molar-refractivity contribution in [1.29, 1.82) is 0 Å². The zero-order valence-electron chi connectivity index (χ0n) is 5.39. The minimum Gasteiger partial charge on any atom is -0.369 e. The second-order valence-electron chi connectivity index (χ2n) is 2.42. The normalized spacial score (nSPS) is 19.7. The van der Waals surface area contributed by atoms with Crippen LogP contribution in [0.1, 0.15) is 12.8 Å². The zero-order valence-corrected chi connectivity index (χ0v) is 5.39. The van der Waals surface area contributed by atoms with E-state index in [2.05, 4.69) is 0 Å². The Bertz CT molecular complexity index is 185. The van der Waals surface area contributed by atoms with Crippen molar-refractivity contribution in [3.63, 3.8) is 0 Å². The quantitative estimate of drug-likeness (QED) is 0.185. The van der Waals surface area contributed by atoms with Gasteiger partial charge in [-0.3, -0.25) is 15.0 Å². The molecule has 5 N–H and O–H groups in total. The topological polar surface area (TPSA) is 98.2 Å². The predicted octanol–water partition coefficient (Wildman–Crippen LogP) is -1.76. The molecule has 0 aliphatic heterocycles. The molecule has 1 aliphatic carbocycles. The van der Waals surface area contributed by atoms with Crippen LogP contribution in [0.2, 0.25) is 0 Å². The Morgan fingerprint density at radius 3 is 2.00 bits per heavy atom. The van der Waals surface area contributed by atoms with E-state index in [1.54, 1.807) is 0 Å². The molecule has 1 aliphatic rings. The summed E-state index contributed by atoms with van der Waals surface area (Å²) in [5.41, 5.74) is 5.89. The highest BCUT2D eigenvalue weighted by Crippen LogP contribution is 2.45. The lowest BCUT2D eigenvalue weighted by molar-refractivity contribution is -0.135. The van der Waals surface area contributed by atoms with Crippen LogP contribution in [0.25, 0.3) is 0 Å². The SMILES string of the molecule is NNC(=O)C1(C(N)=O)CC1. The molecule has 0 bridgehead atoms. The fourth-order valence-corrected chi connectivity index (χ4v) is 0.849. The van der Waals surface area contributed by atoms with Crippen LogP contribution in [-0.4, -0.2) is 11.8 Å². The molecule has 5 nitrogen and oxygen atoms in total. The average molecular weight is 143 g/mol. The summed E-state index contributed by atoms with van der Waals surface area (Å²) in [5.74, 6) is 3.77. The van der Waals surface area contributed by atoms with Gasteiger partial charge < -0.3 is 5.73 Å². The van der Waals surface area contributed by atoms with Crippen molar-refractivity contribution in [2.24, 2.45) is 17.0 Å². The largest absolute Gasteiger partial charge is 0.369 e. The third kappa shape index (κ3) is 0.750. The van der Waals surface area contributed by atoms with Crippen LogP contribution in [0.3, 0.4) is 0 Å². The zero-order chi connectivity index (χ0) is 7.78. The molecule has 0 aromatic rings. The van der Waals surface area contributed by atoms with Gasteiger partial charge in [0.2, 0.25) is 11.8 Å². The van der Waals surface area contributed by atoms with Crippen molar-refractivity contribution >= 4 is 11.8 Å². The second kappa shape index (κ2) is 1.95. The molecule has 1 saturated carbocycles. The summed E-state index contributed by atoms with van der Waals surface area (Å²) in [7, 11) is 0. The van der Waals surface area contributed by atoms with Crippen molar-refractivity contribution in [3.05, 3.63) is 0 Å². The molecule has 0 unspecified atom stereocenters. The van der Waals surface area contributed by atoms with Gasteiger partial charge in [-0.15, -0.1) is 0 Å². The molecule has 1 fully saturated rings. The van der Waals surface area contributed by atoms with E-state index in [1.807, 2.05) is 5.43 Å². The number of hydrazine groups is 1. The van der Waals surface area contributed by atoms with Gasteiger partial charge in [-0.05, 0) is 12.8 Å². The minimum absolute atomic E-state index is 0.472. The molecule has 2 amide bonds. The lowest BCUT2D eigenvalue weighted by Gasteiger charge is -2.06. The Morgan fingerprint density at radius 1 is 1.40 bits per heavy atom. The van der Waals surface area contributed by atoms with Crippen molar-refractivity contribution in [1.82, 2.24) is 5.43 Å². The van der Waals surface area contributed by atoms with E-state index in [4.69, 9.17) is 11.6 Å². The lowest BCUT2D eigenvalue weighted by Crippen LogP contribution is -2.43. The highest BCUT2D eigenvalue weighted by atomic mass is 16.2. The first-order valence-electron chi connectivity index (χ1n) is 2.94. The number of primary amides is 1. The molecule has 5 heteroatoms. The van der Waals surface area contributed by atoms with Crippen molar-refractivity contribution < 1.29 is 9.59 Å². The highest BCUT2D eigenvalue weighted by Gasteiger charge is 2.55. The van der Waals surface area contributed by atoms with E-state index in [0.29, 0.717) is 12.8 Å². The summed E-state index contributed by atoms with van der Waals surface area (Å²) in [6.45, 7) is 0. The molecular weight excluding hydrogens is 134 g/mol. The summed E-state index contributed by atoms with van der Waals surface area (Å²) in [4.78, 5) is 21.4. The highest BCUT2D eigenvalue weighted by molar-refractivity contribution is 6.06. The summed E-state index contributed by atoms with van der Waals surface area (Å²) in [5, 5.41) is 0. The lowest BCUT2D eigenvalue weighted by atomic mass is 10.1. The summed E-state index contributed by atoms with van der Waals surface area (Å²) in [6.07, 6.45) is 1.04. The first-order valence-corrected chi connectivity index (χ1v) is 2.94. The van der Waals surface area contributed by atoms with Crippen LogP contribution in [0.4, 0.5) is 0 Å². The number of hydrogen-bond donors (Lipinski definition) is 3. The first kappa shape index (κ1) is 7.01. The standard InChI is InChI=1S/C5H9N3O2/c6-3(9)5(1-2-5)4(10)8-7/h1-2,7H2,(H2,6,9)(H,8,10). The third-order valence-corrected chi connectivity index (χ3v) is 1.79. The van der Waals surface area contributed by atoms with Gasteiger partial charge in [-0.25, -0.2) is 5.84 Å². The van der Waals surface area contributed by atoms with E-state index in [0.717, 1.165) is 0 Å². The van der Waals surface area contributed by atoms with Crippen LogP contribution < -0.4 is 17.0 Å². The summed E-state index contributed by atoms with van der Waals surface area (Å²) >= 11 is 0. The third-order valence-electron chi connectivity index (χ3n) is 1.79. The number of rotatable bonds is 2. The van der Waals surface area contributed by atoms with Crippen molar-refractivity contribution in [2.45, 2.75) is 12.8 Å². The van der Waals surface area contributed by atoms with Gasteiger partial charge in [0, 0.05) is 0 Å². The predicted molar refractivity (Wildman–Crippen MR) is 33.2 cm³/mol. The molecule has 0 heterocycles. The van der Waals surface area contributed by atoms with Crippen LogP contribution in [0.5, 0.6) is 0 Å². The molecule has 0 spiro atoms. The van der Waals surface area contributed by atoms with Gasteiger partial charge in [0.25, 0.3) is 0 Å². The van der Waals surface area contributed by atoms with E-state index in [9.17, 15) is 9.59 Å². The Kier molecular flexibility index (Phi) is 1.37. The second-order valence-corrected chi connectivity index (χ2v) is 2.42. The molecule has 0 saturated heterocycles. The number of hydrogen-bond acceptors (Lipinski definition) is 3. The first-order chi connectivity index (χ1) is 4.63. The van der Waals surface area contributed by atoms with Crippen LogP contribution in [0, 0.1) is 5.41 Å². The number of nitrogens with one attached hydrogen (secondary N) is 1. The Morgan fingerprint density at radius 2 is 1.90 bits per heavy atom. The number of carbonyl (C=O) groups is 2. The number of carbonyl (C=O) groups excluding carboxylic acids is 2. The van der Waals surface area contributed by atoms with Crippen LogP contribution in [0.15, 0.2) is 0 Å². The Hall–Kier alpha value is -1.10. The molecule has 0 radical (unpaired) electrons. The number of nitrogens with two attached hydrogens (primary N) is 2. The monoisotopic (exact) mass is 143 g/mol. The average Bonchev–Trinajstić information content (AvgIpc) is 2.65. The van der Waals surface area contributed by atoms with Gasteiger partial charge in [0.15, 0.2) is 0 Å². The van der Waals surface area contributed by atoms with Gasteiger partial charge >= 0.3 is 0 Å². The summed E-state index contributed by atoms with van der Waals surface area (Å²) in [6, 6.07) is 0. The molecule has 1 rings (SSSR count). The molecular formula is C5H9N3O2. The fraction of sp³-hybridized carbons (Fsp3) is 0.600. The number of amides is 2. The maximum absolute atomic E-state index is 10.8. The molecule has 10 heavy (non-hydrogen) atoms. The van der Waals surface area contributed by atoms with Gasteiger partial charge in [-0.2, -0.15) is 0 Å². The van der Waals surface area contributed by atoms with Crippen LogP contribution >= 0.6 is 0 Å². The molecule has 0 aromatic heterocycles. The maximum atomic E-state index is 10.8. The van der Waals surface area contributed by atoms with Gasteiger partial charge in [0.1, 0.15) is 5.41 Å². The van der Waals surface area contributed by atoms with Crippen molar-refractivity contribution in [2.75, 3.05) is 0 Å². The Balaban J connectivity index is 2.69. The van der Waals surface area contributed by atoms with E-state index >= 15 is 0 Å². The smallest absolute Gasteiger partial charge is 0.249 e. The summed E-state index contributed by atoms with van der Waals surface area (Å²) < 4.78 is 0. The molecule has 56 valence electrons. The molecule has 0 atom stereocenters. The van der Waals surface area contributed by atoms with E-state index in [1.165, 1.54) is 0 Å². The van der Waals surface area contributed by atoms with Gasteiger partial charge in [0.05, 0.1) is 0 Å². The molecule has 0 aromatic carbocycles. The fourth-order valence-electron chi connectivity index (χ4n) is 0.849.